The predicted octanol–water partition coefficient (Wildman–Crippen LogP) is 1.79. The van der Waals surface area contributed by atoms with E-state index in [4.69, 9.17) is 0 Å². The molecule has 0 atom stereocenters. The van der Waals surface area contributed by atoms with Crippen molar-refractivity contribution >= 4 is 5.91 Å². The van der Waals surface area contributed by atoms with Crippen molar-refractivity contribution in [3.8, 4) is 0 Å². The zero-order valence-electron chi connectivity index (χ0n) is 7.31. The quantitative estimate of drug-likeness (QED) is 0.499. The lowest BCUT2D eigenvalue weighted by Crippen LogP contribution is -2.21. The summed E-state index contributed by atoms with van der Waals surface area (Å²) in [6.45, 7) is 4.13. The van der Waals surface area contributed by atoms with Gasteiger partial charge in [0.1, 0.15) is 0 Å². The Balaban J connectivity index is 2.09. The van der Waals surface area contributed by atoms with Gasteiger partial charge in [-0.25, -0.2) is 0 Å². The van der Waals surface area contributed by atoms with Crippen molar-refractivity contribution in [1.29, 1.82) is 0 Å². The van der Waals surface area contributed by atoms with Crippen LogP contribution in [-0.2, 0) is 4.79 Å². The van der Waals surface area contributed by atoms with Crippen LogP contribution in [0.4, 0.5) is 0 Å². The van der Waals surface area contributed by atoms with Crippen LogP contribution in [0.1, 0.15) is 25.7 Å². The van der Waals surface area contributed by atoms with Crippen molar-refractivity contribution in [1.82, 2.24) is 5.32 Å². The molecule has 1 N–H and O–H groups in total. The summed E-state index contributed by atoms with van der Waals surface area (Å²) < 4.78 is 0. The van der Waals surface area contributed by atoms with Crippen LogP contribution < -0.4 is 5.32 Å². The van der Waals surface area contributed by atoms with Crippen molar-refractivity contribution < 1.29 is 4.79 Å². The predicted molar refractivity (Wildman–Crippen MR) is 49.8 cm³/mol. The summed E-state index contributed by atoms with van der Waals surface area (Å²) in [5.41, 5.74) is 1.49. The summed E-state index contributed by atoms with van der Waals surface area (Å²) >= 11 is 0. The molecule has 0 unspecified atom stereocenters. The third-order valence-electron chi connectivity index (χ3n) is 2.07. The average molecular weight is 165 g/mol. The summed E-state index contributed by atoms with van der Waals surface area (Å²) in [5.74, 6) is -0.0754. The number of carbonyl (C=O) groups is 1. The van der Waals surface area contributed by atoms with Gasteiger partial charge in [0.05, 0.1) is 0 Å². The fourth-order valence-corrected chi connectivity index (χ4v) is 1.38. The van der Waals surface area contributed by atoms with Gasteiger partial charge in [0, 0.05) is 6.54 Å². The molecule has 2 heteroatoms. The molecule has 0 aromatic heterocycles. The largest absolute Gasteiger partial charge is 0.352 e. The summed E-state index contributed by atoms with van der Waals surface area (Å²) in [5, 5.41) is 2.76. The highest BCUT2D eigenvalue weighted by Gasteiger charge is 2.03. The van der Waals surface area contributed by atoms with E-state index in [0.717, 1.165) is 13.0 Å². The maximum Gasteiger partial charge on any atom is 0.243 e. The Morgan fingerprint density at radius 1 is 1.75 bits per heavy atom. The third kappa shape index (κ3) is 2.91. The Hall–Kier alpha value is -1.05. The molecule has 0 radical (unpaired) electrons. The smallest absolute Gasteiger partial charge is 0.243 e. The number of amides is 1. The normalized spacial score (nSPS) is 15.5. The minimum absolute atomic E-state index is 0.0754. The van der Waals surface area contributed by atoms with E-state index >= 15 is 0 Å². The summed E-state index contributed by atoms with van der Waals surface area (Å²) in [4.78, 5) is 10.7. The van der Waals surface area contributed by atoms with Crippen molar-refractivity contribution in [2.45, 2.75) is 25.7 Å². The molecule has 12 heavy (non-hydrogen) atoms. The molecule has 1 aliphatic carbocycles. The summed E-state index contributed by atoms with van der Waals surface area (Å²) in [6.07, 6.45) is 8.29. The molecule has 0 saturated heterocycles. The minimum Gasteiger partial charge on any atom is -0.352 e. The number of hydrogen-bond donors (Lipinski definition) is 1. The summed E-state index contributed by atoms with van der Waals surface area (Å²) in [7, 11) is 0. The minimum atomic E-state index is -0.0754. The third-order valence-corrected chi connectivity index (χ3v) is 2.07. The van der Waals surface area contributed by atoms with E-state index in [2.05, 4.69) is 18.0 Å². The van der Waals surface area contributed by atoms with Crippen molar-refractivity contribution in [2.75, 3.05) is 6.54 Å². The molecule has 1 rings (SSSR count). The Labute approximate surface area is 73.4 Å². The van der Waals surface area contributed by atoms with E-state index < -0.39 is 0 Å². The Kier molecular flexibility index (Phi) is 3.58. The van der Waals surface area contributed by atoms with Crippen LogP contribution in [0.2, 0.25) is 0 Å². The zero-order valence-corrected chi connectivity index (χ0v) is 7.31. The Bertz CT molecular complexity index is 206. The number of allylic oxidation sites excluding steroid dienone is 1. The number of rotatable bonds is 4. The highest BCUT2D eigenvalue weighted by atomic mass is 16.1. The standard InChI is InChI=1S/C10H15NO/c1-2-10(12)11-8-7-9-5-3-4-6-9/h2,5H,1,3-4,6-8H2,(H,11,12). The van der Waals surface area contributed by atoms with Crippen LogP contribution in [-0.4, -0.2) is 12.5 Å². The van der Waals surface area contributed by atoms with Gasteiger partial charge in [-0.3, -0.25) is 4.79 Å². The second-order valence-electron chi connectivity index (χ2n) is 3.00. The molecule has 0 aromatic rings. The van der Waals surface area contributed by atoms with E-state index in [1.165, 1.54) is 30.9 Å². The van der Waals surface area contributed by atoms with Gasteiger partial charge >= 0.3 is 0 Å². The van der Waals surface area contributed by atoms with E-state index in [0.29, 0.717) is 0 Å². The molecule has 0 saturated carbocycles. The number of hydrogen-bond acceptors (Lipinski definition) is 1. The first-order valence-electron chi connectivity index (χ1n) is 4.41. The average Bonchev–Trinajstić information content (AvgIpc) is 2.57. The van der Waals surface area contributed by atoms with Gasteiger partial charge in [-0.05, 0) is 31.8 Å². The SMILES string of the molecule is C=CC(=O)NCCC1=CCCC1. The van der Waals surface area contributed by atoms with Gasteiger partial charge in [-0.1, -0.05) is 18.2 Å². The van der Waals surface area contributed by atoms with Crippen molar-refractivity contribution in [3.05, 3.63) is 24.3 Å². The Morgan fingerprint density at radius 3 is 3.17 bits per heavy atom. The second-order valence-corrected chi connectivity index (χ2v) is 3.00. The van der Waals surface area contributed by atoms with E-state index in [-0.39, 0.29) is 5.91 Å². The molecule has 0 spiro atoms. The second kappa shape index (κ2) is 4.75. The van der Waals surface area contributed by atoms with Crippen LogP contribution in [0.25, 0.3) is 0 Å². The fourth-order valence-electron chi connectivity index (χ4n) is 1.38. The topological polar surface area (TPSA) is 29.1 Å². The highest BCUT2D eigenvalue weighted by molar-refractivity contribution is 5.86. The van der Waals surface area contributed by atoms with Gasteiger partial charge in [-0.15, -0.1) is 0 Å². The highest BCUT2D eigenvalue weighted by Crippen LogP contribution is 2.19. The first kappa shape index (κ1) is 9.04. The molecule has 1 amide bonds. The van der Waals surface area contributed by atoms with Crippen LogP contribution in [0, 0.1) is 0 Å². The lowest BCUT2D eigenvalue weighted by molar-refractivity contribution is -0.116. The molecule has 0 fully saturated rings. The molecule has 0 aliphatic heterocycles. The lowest BCUT2D eigenvalue weighted by atomic mass is 10.2. The number of carbonyl (C=O) groups excluding carboxylic acids is 1. The monoisotopic (exact) mass is 165 g/mol. The van der Waals surface area contributed by atoms with Crippen LogP contribution in [0.5, 0.6) is 0 Å². The van der Waals surface area contributed by atoms with E-state index in [1.54, 1.807) is 0 Å². The first-order chi connectivity index (χ1) is 5.83. The van der Waals surface area contributed by atoms with Crippen LogP contribution in [0.3, 0.4) is 0 Å². The van der Waals surface area contributed by atoms with Gasteiger partial charge in [0.2, 0.25) is 5.91 Å². The molecule has 1 aliphatic rings. The molecular formula is C10H15NO. The lowest BCUT2D eigenvalue weighted by Gasteiger charge is -2.02. The molecule has 2 nitrogen and oxygen atoms in total. The molecular weight excluding hydrogens is 150 g/mol. The van der Waals surface area contributed by atoms with Crippen LogP contribution in [0.15, 0.2) is 24.3 Å². The van der Waals surface area contributed by atoms with Gasteiger partial charge in [0.25, 0.3) is 0 Å². The molecule has 0 heterocycles. The van der Waals surface area contributed by atoms with Gasteiger partial charge in [-0.2, -0.15) is 0 Å². The van der Waals surface area contributed by atoms with Crippen molar-refractivity contribution in [2.24, 2.45) is 0 Å². The maximum atomic E-state index is 10.7. The van der Waals surface area contributed by atoms with Crippen LogP contribution >= 0.6 is 0 Å². The van der Waals surface area contributed by atoms with Gasteiger partial charge in [0.15, 0.2) is 0 Å². The maximum absolute atomic E-state index is 10.7. The molecule has 66 valence electrons. The summed E-state index contributed by atoms with van der Waals surface area (Å²) in [6, 6.07) is 0. The zero-order chi connectivity index (χ0) is 8.81. The Morgan fingerprint density at radius 2 is 2.58 bits per heavy atom. The van der Waals surface area contributed by atoms with E-state index in [9.17, 15) is 4.79 Å². The number of nitrogens with one attached hydrogen (secondary N) is 1. The molecule has 0 aromatic carbocycles. The first-order valence-corrected chi connectivity index (χ1v) is 4.41. The van der Waals surface area contributed by atoms with Gasteiger partial charge < -0.3 is 5.32 Å². The fraction of sp³-hybridized carbons (Fsp3) is 0.500. The van der Waals surface area contributed by atoms with E-state index in [1.807, 2.05) is 0 Å². The van der Waals surface area contributed by atoms with Crippen molar-refractivity contribution in [3.63, 3.8) is 0 Å². The molecule has 0 bridgehead atoms.